The molecule has 3 nitrogen and oxygen atoms in total. The molecule has 2 unspecified atom stereocenters. The van der Waals surface area contributed by atoms with Gasteiger partial charge in [0.1, 0.15) is 0 Å². The fourth-order valence-corrected chi connectivity index (χ4v) is 2.56. The van der Waals surface area contributed by atoms with Crippen molar-refractivity contribution in [2.24, 2.45) is 5.92 Å². The Bertz CT molecular complexity index is 202. The smallest absolute Gasteiger partial charge is 0.0610 e. The Morgan fingerprint density at radius 2 is 2.19 bits per heavy atom. The van der Waals surface area contributed by atoms with Crippen LogP contribution in [0.4, 0.5) is 0 Å². The van der Waals surface area contributed by atoms with E-state index in [0.29, 0.717) is 0 Å². The van der Waals surface area contributed by atoms with E-state index in [0.717, 1.165) is 24.9 Å². The van der Waals surface area contributed by atoms with E-state index in [2.05, 4.69) is 31.0 Å². The SMILES string of the molecule is CNC(C)(CO)CCN1CCCC1C(C)C. The molecule has 1 saturated heterocycles. The molecule has 16 heavy (non-hydrogen) atoms. The van der Waals surface area contributed by atoms with Crippen LogP contribution >= 0.6 is 0 Å². The monoisotopic (exact) mass is 228 g/mol. The van der Waals surface area contributed by atoms with Gasteiger partial charge in [0, 0.05) is 18.1 Å². The van der Waals surface area contributed by atoms with Crippen LogP contribution in [0, 0.1) is 5.92 Å². The van der Waals surface area contributed by atoms with E-state index in [1.54, 1.807) is 0 Å². The maximum atomic E-state index is 9.35. The minimum Gasteiger partial charge on any atom is -0.394 e. The fourth-order valence-electron chi connectivity index (χ4n) is 2.56. The van der Waals surface area contributed by atoms with E-state index < -0.39 is 0 Å². The molecule has 1 aliphatic rings. The molecule has 0 aromatic carbocycles. The predicted molar refractivity (Wildman–Crippen MR) is 68.6 cm³/mol. The van der Waals surface area contributed by atoms with Crippen molar-refractivity contribution in [2.75, 3.05) is 26.7 Å². The van der Waals surface area contributed by atoms with Gasteiger partial charge in [-0.2, -0.15) is 0 Å². The standard InChI is InChI=1S/C13H28N2O/c1-11(2)12-6-5-8-15(12)9-7-13(3,10-16)14-4/h11-12,14,16H,5-10H2,1-4H3. The summed E-state index contributed by atoms with van der Waals surface area (Å²) in [5, 5.41) is 12.6. The number of aliphatic hydroxyl groups is 1. The van der Waals surface area contributed by atoms with E-state index in [-0.39, 0.29) is 12.1 Å². The Balaban J connectivity index is 2.42. The summed E-state index contributed by atoms with van der Waals surface area (Å²) in [6.45, 7) is 9.25. The Kier molecular flexibility index (Phi) is 5.22. The first-order chi connectivity index (χ1) is 7.52. The van der Waals surface area contributed by atoms with Crippen LogP contribution in [0.5, 0.6) is 0 Å². The van der Waals surface area contributed by atoms with Crippen molar-refractivity contribution in [3.05, 3.63) is 0 Å². The molecule has 96 valence electrons. The van der Waals surface area contributed by atoms with Gasteiger partial charge in [0.05, 0.1) is 6.61 Å². The molecule has 2 atom stereocenters. The van der Waals surface area contributed by atoms with Gasteiger partial charge in [-0.1, -0.05) is 13.8 Å². The lowest BCUT2D eigenvalue weighted by atomic mass is 9.97. The number of hydrogen-bond acceptors (Lipinski definition) is 3. The molecule has 0 saturated carbocycles. The number of likely N-dealkylation sites (N-methyl/N-ethyl adjacent to an activating group) is 1. The third-order valence-electron chi connectivity index (χ3n) is 4.09. The molecule has 0 radical (unpaired) electrons. The van der Waals surface area contributed by atoms with Crippen LogP contribution in [0.25, 0.3) is 0 Å². The Morgan fingerprint density at radius 3 is 2.69 bits per heavy atom. The van der Waals surface area contributed by atoms with E-state index in [4.69, 9.17) is 0 Å². The van der Waals surface area contributed by atoms with Crippen LogP contribution < -0.4 is 5.32 Å². The van der Waals surface area contributed by atoms with Gasteiger partial charge in [0.2, 0.25) is 0 Å². The summed E-state index contributed by atoms with van der Waals surface area (Å²) in [5.41, 5.74) is -0.121. The number of rotatable bonds is 6. The van der Waals surface area contributed by atoms with Crippen LogP contribution in [0.1, 0.15) is 40.0 Å². The van der Waals surface area contributed by atoms with E-state index in [1.165, 1.54) is 19.4 Å². The zero-order valence-corrected chi connectivity index (χ0v) is 11.3. The van der Waals surface area contributed by atoms with E-state index in [9.17, 15) is 5.11 Å². The highest BCUT2D eigenvalue weighted by Gasteiger charge is 2.29. The first-order valence-corrected chi connectivity index (χ1v) is 6.56. The highest BCUT2D eigenvalue weighted by atomic mass is 16.3. The van der Waals surface area contributed by atoms with Crippen LogP contribution in [0.15, 0.2) is 0 Å². The van der Waals surface area contributed by atoms with Gasteiger partial charge in [0.15, 0.2) is 0 Å². The lowest BCUT2D eigenvalue weighted by Crippen LogP contribution is -2.47. The van der Waals surface area contributed by atoms with Gasteiger partial charge < -0.3 is 15.3 Å². The molecule has 0 amide bonds. The minimum atomic E-state index is -0.121. The molecule has 1 aliphatic heterocycles. The van der Waals surface area contributed by atoms with Gasteiger partial charge in [-0.3, -0.25) is 0 Å². The molecule has 0 spiro atoms. The lowest BCUT2D eigenvalue weighted by molar-refractivity contribution is 0.138. The molecule has 3 heteroatoms. The number of likely N-dealkylation sites (tertiary alicyclic amines) is 1. The highest BCUT2D eigenvalue weighted by molar-refractivity contribution is 4.86. The molecule has 1 rings (SSSR count). The molecule has 0 bridgehead atoms. The second-order valence-corrected chi connectivity index (χ2v) is 5.71. The molecule has 1 fully saturated rings. The van der Waals surface area contributed by atoms with Crippen LogP contribution in [-0.4, -0.2) is 48.3 Å². The summed E-state index contributed by atoms with van der Waals surface area (Å²) in [6.07, 6.45) is 3.69. The topological polar surface area (TPSA) is 35.5 Å². The zero-order chi connectivity index (χ0) is 12.2. The number of nitrogens with zero attached hydrogens (tertiary/aromatic N) is 1. The summed E-state index contributed by atoms with van der Waals surface area (Å²) in [6, 6.07) is 0.750. The number of nitrogens with one attached hydrogen (secondary N) is 1. The maximum absolute atomic E-state index is 9.35. The highest BCUT2D eigenvalue weighted by Crippen LogP contribution is 2.24. The fraction of sp³-hybridized carbons (Fsp3) is 1.00. The van der Waals surface area contributed by atoms with Crippen LogP contribution in [-0.2, 0) is 0 Å². The molecule has 0 aliphatic carbocycles. The lowest BCUT2D eigenvalue weighted by Gasteiger charge is -2.33. The third kappa shape index (κ3) is 3.44. The molecule has 0 aromatic rings. The zero-order valence-electron chi connectivity index (χ0n) is 11.3. The van der Waals surface area contributed by atoms with Crippen molar-refractivity contribution in [1.82, 2.24) is 10.2 Å². The Labute approximate surface area is 100 Å². The van der Waals surface area contributed by atoms with Gasteiger partial charge in [-0.15, -0.1) is 0 Å². The third-order valence-corrected chi connectivity index (χ3v) is 4.09. The van der Waals surface area contributed by atoms with Crippen molar-refractivity contribution in [2.45, 2.75) is 51.6 Å². The summed E-state index contributed by atoms with van der Waals surface area (Å²) in [4.78, 5) is 2.59. The summed E-state index contributed by atoms with van der Waals surface area (Å²) >= 11 is 0. The van der Waals surface area contributed by atoms with E-state index >= 15 is 0 Å². The van der Waals surface area contributed by atoms with Crippen molar-refractivity contribution in [3.63, 3.8) is 0 Å². The van der Waals surface area contributed by atoms with Gasteiger partial charge >= 0.3 is 0 Å². The second kappa shape index (κ2) is 5.99. The van der Waals surface area contributed by atoms with Gasteiger partial charge in [0.25, 0.3) is 0 Å². The van der Waals surface area contributed by atoms with Crippen LogP contribution in [0.3, 0.4) is 0 Å². The van der Waals surface area contributed by atoms with Gasteiger partial charge in [-0.05, 0) is 45.7 Å². The number of aliphatic hydroxyl groups excluding tert-OH is 1. The largest absolute Gasteiger partial charge is 0.394 e. The molecule has 2 N–H and O–H groups in total. The Morgan fingerprint density at radius 1 is 1.50 bits per heavy atom. The van der Waals surface area contributed by atoms with Crippen molar-refractivity contribution in [1.29, 1.82) is 0 Å². The molecule has 0 aromatic heterocycles. The van der Waals surface area contributed by atoms with Crippen molar-refractivity contribution < 1.29 is 5.11 Å². The van der Waals surface area contributed by atoms with Crippen LogP contribution in [0.2, 0.25) is 0 Å². The second-order valence-electron chi connectivity index (χ2n) is 5.71. The normalized spacial score (nSPS) is 26.2. The maximum Gasteiger partial charge on any atom is 0.0610 e. The Hall–Kier alpha value is -0.120. The first-order valence-electron chi connectivity index (χ1n) is 6.56. The van der Waals surface area contributed by atoms with E-state index in [1.807, 2.05) is 7.05 Å². The number of hydrogen-bond donors (Lipinski definition) is 2. The van der Waals surface area contributed by atoms with Gasteiger partial charge in [-0.25, -0.2) is 0 Å². The van der Waals surface area contributed by atoms with Crippen molar-refractivity contribution in [3.8, 4) is 0 Å². The minimum absolute atomic E-state index is 0.121. The average Bonchev–Trinajstić information content (AvgIpc) is 2.74. The average molecular weight is 228 g/mol. The predicted octanol–water partition coefficient (Wildman–Crippen LogP) is 1.47. The molecule has 1 heterocycles. The summed E-state index contributed by atoms with van der Waals surface area (Å²) < 4.78 is 0. The first kappa shape index (κ1) is 13.9. The van der Waals surface area contributed by atoms with Crippen molar-refractivity contribution >= 4 is 0 Å². The molecular weight excluding hydrogens is 200 g/mol. The quantitative estimate of drug-likeness (QED) is 0.722. The molecular formula is C13H28N2O. The summed E-state index contributed by atoms with van der Waals surface area (Å²) in [5.74, 6) is 0.748. The summed E-state index contributed by atoms with van der Waals surface area (Å²) in [7, 11) is 1.93.